The van der Waals surface area contributed by atoms with Crippen LogP contribution in [0.25, 0.3) is 0 Å². The van der Waals surface area contributed by atoms with E-state index in [1.807, 2.05) is 79.7 Å². The molecule has 1 N–H and O–H groups in total. The first-order chi connectivity index (χ1) is 16.1. The van der Waals surface area contributed by atoms with Gasteiger partial charge in [0.05, 0.1) is 19.1 Å². The molecule has 0 bridgehead atoms. The molecule has 1 saturated heterocycles. The average molecular weight is 443 g/mol. The number of nitrogens with one attached hydrogen (secondary N) is 1. The van der Waals surface area contributed by atoms with E-state index in [1.165, 1.54) is 0 Å². The van der Waals surface area contributed by atoms with Crippen LogP contribution < -0.4 is 10.2 Å². The van der Waals surface area contributed by atoms with Crippen molar-refractivity contribution in [3.05, 3.63) is 101 Å². The van der Waals surface area contributed by atoms with Gasteiger partial charge in [-0.3, -0.25) is 9.59 Å². The second kappa shape index (κ2) is 10.9. The van der Waals surface area contributed by atoms with Gasteiger partial charge >= 0.3 is 0 Å². The fraction of sp³-hybridized carbons (Fsp3) is 0.286. The molecular formula is C28H30N2O3. The lowest BCUT2D eigenvalue weighted by Gasteiger charge is -2.24. The van der Waals surface area contributed by atoms with Crippen molar-refractivity contribution in [1.82, 2.24) is 5.32 Å². The summed E-state index contributed by atoms with van der Waals surface area (Å²) in [6.07, 6.45) is 2.50. The molecule has 1 aliphatic rings. The van der Waals surface area contributed by atoms with E-state index in [2.05, 4.69) is 11.4 Å². The van der Waals surface area contributed by atoms with E-state index in [4.69, 9.17) is 4.74 Å². The maximum Gasteiger partial charge on any atom is 0.258 e. The van der Waals surface area contributed by atoms with Crippen molar-refractivity contribution in [3.8, 4) is 0 Å². The van der Waals surface area contributed by atoms with Gasteiger partial charge in [-0.25, -0.2) is 0 Å². The first-order valence-electron chi connectivity index (χ1n) is 11.5. The Labute approximate surface area is 195 Å². The summed E-state index contributed by atoms with van der Waals surface area (Å²) in [5.74, 6) is -0.0746. The smallest absolute Gasteiger partial charge is 0.258 e. The van der Waals surface area contributed by atoms with Crippen molar-refractivity contribution < 1.29 is 14.3 Å². The normalized spacial score (nSPS) is 15.2. The van der Waals surface area contributed by atoms with E-state index in [9.17, 15) is 9.59 Å². The number of aryl methyl sites for hydroxylation is 1. The van der Waals surface area contributed by atoms with Crippen LogP contribution in [0.5, 0.6) is 0 Å². The zero-order chi connectivity index (χ0) is 23.0. The molecule has 4 rings (SSSR count). The van der Waals surface area contributed by atoms with E-state index in [-0.39, 0.29) is 17.9 Å². The van der Waals surface area contributed by atoms with Crippen molar-refractivity contribution in [3.63, 3.8) is 0 Å². The number of hydrogen-bond acceptors (Lipinski definition) is 3. The Bertz CT molecular complexity index is 1070. The van der Waals surface area contributed by atoms with Crippen molar-refractivity contribution in [2.24, 2.45) is 0 Å². The molecule has 5 heteroatoms. The SMILES string of the molecule is Cc1cccc(CN(C(=O)c2ccccc2)c2ccc(CC(=O)NCC3CCCO3)cc2)c1. The predicted molar refractivity (Wildman–Crippen MR) is 130 cm³/mol. The number of anilines is 1. The molecule has 3 aromatic carbocycles. The molecule has 1 heterocycles. The number of benzene rings is 3. The Morgan fingerprint density at radius 3 is 2.45 bits per heavy atom. The van der Waals surface area contributed by atoms with Crippen molar-refractivity contribution >= 4 is 17.5 Å². The molecule has 1 fully saturated rings. The van der Waals surface area contributed by atoms with Gasteiger partial charge in [0.15, 0.2) is 0 Å². The average Bonchev–Trinajstić information content (AvgIpc) is 3.36. The number of ether oxygens (including phenoxy) is 1. The summed E-state index contributed by atoms with van der Waals surface area (Å²) < 4.78 is 5.56. The van der Waals surface area contributed by atoms with Gasteiger partial charge in [-0.1, -0.05) is 60.2 Å². The van der Waals surface area contributed by atoms with Crippen molar-refractivity contribution in [1.29, 1.82) is 0 Å². The largest absolute Gasteiger partial charge is 0.376 e. The van der Waals surface area contributed by atoms with E-state index in [0.717, 1.165) is 41.8 Å². The molecule has 33 heavy (non-hydrogen) atoms. The lowest BCUT2D eigenvalue weighted by molar-refractivity contribution is -0.120. The van der Waals surface area contributed by atoms with Crippen LogP contribution in [0.1, 0.15) is 39.9 Å². The van der Waals surface area contributed by atoms with Crippen LogP contribution in [0.15, 0.2) is 78.9 Å². The fourth-order valence-corrected chi connectivity index (χ4v) is 4.08. The molecule has 0 aliphatic carbocycles. The third-order valence-electron chi connectivity index (χ3n) is 5.85. The second-order valence-electron chi connectivity index (χ2n) is 8.53. The van der Waals surface area contributed by atoms with E-state index in [0.29, 0.717) is 25.1 Å². The molecule has 2 amide bonds. The standard InChI is InChI=1S/C28H30N2O3/c1-21-7-5-8-23(17-21)20-30(28(32)24-9-3-2-4-10-24)25-14-12-22(13-15-25)18-27(31)29-19-26-11-6-16-33-26/h2-5,7-10,12-15,17,26H,6,11,16,18-20H2,1H3,(H,29,31). The Kier molecular flexibility index (Phi) is 7.53. The quantitative estimate of drug-likeness (QED) is 0.551. The van der Waals surface area contributed by atoms with E-state index in [1.54, 1.807) is 4.90 Å². The molecule has 170 valence electrons. The van der Waals surface area contributed by atoms with Gasteiger partial charge in [0.25, 0.3) is 5.91 Å². The second-order valence-corrected chi connectivity index (χ2v) is 8.53. The first kappa shape index (κ1) is 22.7. The van der Waals surface area contributed by atoms with E-state index >= 15 is 0 Å². The minimum atomic E-state index is -0.0563. The summed E-state index contributed by atoms with van der Waals surface area (Å²) in [5.41, 5.74) is 4.57. The summed E-state index contributed by atoms with van der Waals surface area (Å²) in [5, 5.41) is 2.96. The minimum Gasteiger partial charge on any atom is -0.376 e. The van der Waals surface area contributed by atoms with Crippen LogP contribution in [0.4, 0.5) is 5.69 Å². The molecule has 0 spiro atoms. The number of carbonyl (C=O) groups is 2. The summed E-state index contributed by atoms with van der Waals surface area (Å²) in [4.78, 5) is 27.5. The van der Waals surface area contributed by atoms with Gasteiger partial charge in [-0.05, 0) is 55.2 Å². The molecule has 0 saturated carbocycles. The van der Waals surface area contributed by atoms with Gasteiger partial charge in [0, 0.05) is 24.4 Å². The van der Waals surface area contributed by atoms with Crippen molar-refractivity contribution in [2.75, 3.05) is 18.1 Å². The van der Waals surface area contributed by atoms with Gasteiger partial charge in [-0.15, -0.1) is 0 Å². The third-order valence-corrected chi connectivity index (χ3v) is 5.85. The fourth-order valence-electron chi connectivity index (χ4n) is 4.08. The number of rotatable bonds is 8. The zero-order valence-corrected chi connectivity index (χ0v) is 19.0. The highest BCUT2D eigenvalue weighted by molar-refractivity contribution is 6.06. The lowest BCUT2D eigenvalue weighted by Crippen LogP contribution is -2.32. The van der Waals surface area contributed by atoms with Gasteiger partial charge in [0.1, 0.15) is 0 Å². The molecule has 5 nitrogen and oxygen atoms in total. The zero-order valence-electron chi connectivity index (χ0n) is 19.0. The Hall–Kier alpha value is -3.44. The van der Waals surface area contributed by atoms with Crippen molar-refractivity contribution in [2.45, 2.75) is 38.8 Å². The molecule has 1 unspecified atom stereocenters. The lowest BCUT2D eigenvalue weighted by atomic mass is 10.1. The monoisotopic (exact) mass is 442 g/mol. The van der Waals surface area contributed by atoms with Crippen LogP contribution >= 0.6 is 0 Å². The minimum absolute atomic E-state index is 0.0183. The molecule has 0 radical (unpaired) electrons. The molecular weight excluding hydrogens is 412 g/mol. The van der Waals surface area contributed by atoms with Crippen LogP contribution in [0, 0.1) is 6.92 Å². The predicted octanol–water partition coefficient (Wildman–Crippen LogP) is 4.68. The van der Waals surface area contributed by atoms with Crippen LogP contribution in [0.2, 0.25) is 0 Å². The third kappa shape index (κ3) is 6.30. The molecule has 3 aromatic rings. The Balaban J connectivity index is 1.47. The number of nitrogens with zero attached hydrogens (tertiary/aromatic N) is 1. The highest BCUT2D eigenvalue weighted by Crippen LogP contribution is 2.22. The summed E-state index contributed by atoms with van der Waals surface area (Å²) in [6, 6.07) is 25.2. The first-order valence-corrected chi connectivity index (χ1v) is 11.5. The summed E-state index contributed by atoms with van der Waals surface area (Å²) >= 11 is 0. The van der Waals surface area contributed by atoms with Crippen LogP contribution in [-0.2, 0) is 22.5 Å². The maximum atomic E-state index is 13.4. The Morgan fingerprint density at radius 2 is 1.76 bits per heavy atom. The van der Waals surface area contributed by atoms with Gasteiger partial charge < -0.3 is 15.0 Å². The topological polar surface area (TPSA) is 58.6 Å². The highest BCUT2D eigenvalue weighted by atomic mass is 16.5. The number of amides is 2. The number of carbonyl (C=O) groups excluding carboxylic acids is 2. The number of hydrogen-bond donors (Lipinski definition) is 1. The summed E-state index contributed by atoms with van der Waals surface area (Å²) in [6.45, 7) is 3.86. The maximum absolute atomic E-state index is 13.4. The van der Waals surface area contributed by atoms with Crippen LogP contribution in [-0.4, -0.2) is 31.1 Å². The van der Waals surface area contributed by atoms with Gasteiger partial charge in [-0.2, -0.15) is 0 Å². The summed E-state index contributed by atoms with van der Waals surface area (Å²) in [7, 11) is 0. The van der Waals surface area contributed by atoms with E-state index < -0.39 is 0 Å². The van der Waals surface area contributed by atoms with Crippen LogP contribution in [0.3, 0.4) is 0 Å². The molecule has 0 aromatic heterocycles. The highest BCUT2D eigenvalue weighted by Gasteiger charge is 2.19. The van der Waals surface area contributed by atoms with Gasteiger partial charge in [0.2, 0.25) is 5.91 Å². The molecule has 1 aliphatic heterocycles. The molecule has 1 atom stereocenters. The Morgan fingerprint density at radius 1 is 0.970 bits per heavy atom.